The van der Waals surface area contributed by atoms with Crippen LogP contribution in [0.25, 0.3) is 0 Å². The molecule has 0 radical (unpaired) electrons. The van der Waals surface area contributed by atoms with Crippen molar-refractivity contribution in [3.05, 3.63) is 85.1 Å². The van der Waals surface area contributed by atoms with Crippen molar-refractivity contribution in [1.82, 2.24) is 0 Å². The second-order valence-corrected chi connectivity index (χ2v) is 14.9. The highest BCUT2D eigenvalue weighted by molar-refractivity contribution is 7.47. The Hall–Kier alpha value is -2.89. The molecule has 0 saturated carbocycles. The zero-order valence-electron chi connectivity index (χ0n) is 34.2. The van der Waals surface area contributed by atoms with Crippen molar-refractivity contribution in [3.63, 3.8) is 0 Å². The van der Waals surface area contributed by atoms with Crippen LogP contribution < -0.4 is 0 Å². The van der Waals surface area contributed by atoms with Gasteiger partial charge in [-0.15, -0.1) is 0 Å². The fraction of sp³-hybridized carbons (Fsp3) is 0.636. The lowest BCUT2D eigenvalue weighted by molar-refractivity contribution is -0.161. The number of rotatable bonds is 37. The highest BCUT2D eigenvalue weighted by Gasteiger charge is 2.27. The quantitative estimate of drug-likeness (QED) is 0.0155. The molecule has 12 heteroatoms. The van der Waals surface area contributed by atoms with Gasteiger partial charge in [-0.2, -0.15) is 0 Å². The number of hydrogen-bond donors (Lipinski definition) is 4. The van der Waals surface area contributed by atoms with E-state index in [1.54, 1.807) is 24.3 Å². The predicted molar refractivity (Wildman–Crippen MR) is 225 cm³/mol. The zero-order valence-corrected chi connectivity index (χ0v) is 35.1. The summed E-state index contributed by atoms with van der Waals surface area (Å²) in [7, 11) is -4.66. The minimum Gasteiger partial charge on any atom is -0.462 e. The Balaban J connectivity index is 4.57. The Labute approximate surface area is 337 Å². The minimum atomic E-state index is -4.66. The number of hydrogen-bond acceptors (Lipinski definition) is 10. The monoisotopic (exact) mass is 808 g/mol. The lowest BCUT2D eigenvalue weighted by Gasteiger charge is -2.20. The van der Waals surface area contributed by atoms with E-state index in [0.29, 0.717) is 19.3 Å². The molecule has 0 amide bonds. The van der Waals surface area contributed by atoms with E-state index < -0.39 is 64.5 Å². The molecule has 0 bridgehead atoms. The van der Waals surface area contributed by atoms with Crippen molar-refractivity contribution < 1.29 is 52.9 Å². The van der Waals surface area contributed by atoms with E-state index in [1.807, 2.05) is 12.2 Å². The van der Waals surface area contributed by atoms with Gasteiger partial charge in [-0.1, -0.05) is 137 Å². The lowest BCUT2D eigenvalue weighted by Crippen LogP contribution is -2.29. The molecule has 320 valence electrons. The largest absolute Gasteiger partial charge is 0.472 e. The van der Waals surface area contributed by atoms with Gasteiger partial charge in [0.25, 0.3) is 0 Å². The molecule has 0 aromatic heterocycles. The molecular formula is C44H73O11P. The van der Waals surface area contributed by atoms with E-state index in [4.69, 9.17) is 19.1 Å². The molecule has 0 saturated heterocycles. The Morgan fingerprint density at radius 1 is 0.625 bits per heavy atom. The van der Waals surface area contributed by atoms with Crippen LogP contribution in [0.3, 0.4) is 0 Å². The summed E-state index contributed by atoms with van der Waals surface area (Å²) in [4.78, 5) is 34.9. The van der Waals surface area contributed by atoms with Crippen LogP contribution in [0, 0.1) is 0 Å². The van der Waals surface area contributed by atoms with Crippen LogP contribution in [0.4, 0.5) is 0 Å². The maximum Gasteiger partial charge on any atom is 0.472 e. The first-order valence-corrected chi connectivity index (χ1v) is 22.1. The first-order chi connectivity index (χ1) is 27.1. The number of carbonyl (C=O) groups is 2. The van der Waals surface area contributed by atoms with Gasteiger partial charge in [0.2, 0.25) is 0 Å². The second-order valence-electron chi connectivity index (χ2n) is 13.5. The van der Waals surface area contributed by atoms with Crippen LogP contribution in [0.5, 0.6) is 0 Å². The molecule has 0 aliphatic heterocycles. The smallest absolute Gasteiger partial charge is 0.462 e. The van der Waals surface area contributed by atoms with Gasteiger partial charge < -0.3 is 29.7 Å². The maximum atomic E-state index is 12.6. The molecule has 4 atom stereocenters. The normalized spacial score (nSPS) is 15.3. The number of ether oxygens (including phenoxy) is 2. The predicted octanol–water partition coefficient (Wildman–Crippen LogP) is 9.63. The zero-order chi connectivity index (χ0) is 41.4. The van der Waals surface area contributed by atoms with Gasteiger partial charge in [-0.05, 0) is 70.6 Å². The molecule has 0 spiro atoms. The number of aliphatic hydroxyl groups is 3. The van der Waals surface area contributed by atoms with Gasteiger partial charge in [0.15, 0.2) is 6.10 Å². The molecule has 0 fully saturated rings. The van der Waals surface area contributed by atoms with Crippen LogP contribution in [-0.4, -0.2) is 76.9 Å². The standard InChI is InChI=1S/C44H73O11P/c1-3-5-7-9-11-13-15-17-19-21-23-25-28-32-40(46)33-29-27-31-34-43(48)52-38-42(39-54-56(50,51)53-37-41(47)36-45)55-44(49)35-30-26-24-22-20-18-16-14-12-10-8-6-4-2/h5,7,11,13-14,16-17,19,23,25,27-29,32,40-42,45-47H,3-4,6,8-10,12,15,18,20-22,24,26,30-31,33-39H2,1-2H3,(H,50,51)/b7-5-,13-11-,16-14-,19-17-,25-23-,29-27-,32-28-/t40?,41-,42+/m0/s1. The topological polar surface area (TPSA) is 169 Å². The number of unbranched alkanes of at least 4 members (excludes halogenated alkanes) is 9. The van der Waals surface area contributed by atoms with Gasteiger partial charge in [-0.3, -0.25) is 18.6 Å². The number of phosphoric ester groups is 1. The average molecular weight is 809 g/mol. The molecule has 0 aliphatic carbocycles. The van der Waals surface area contributed by atoms with Gasteiger partial charge in [0.05, 0.1) is 25.9 Å². The molecular weight excluding hydrogens is 735 g/mol. The molecule has 11 nitrogen and oxygen atoms in total. The van der Waals surface area contributed by atoms with Crippen molar-refractivity contribution in [2.45, 2.75) is 154 Å². The van der Waals surface area contributed by atoms with E-state index in [9.17, 15) is 29.3 Å². The van der Waals surface area contributed by atoms with Crippen molar-refractivity contribution in [2.75, 3.05) is 26.4 Å². The van der Waals surface area contributed by atoms with Crippen molar-refractivity contribution >= 4 is 19.8 Å². The minimum absolute atomic E-state index is 0.0291. The van der Waals surface area contributed by atoms with Gasteiger partial charge in [-0.25, -0.2) is 4.57 Å². The van der Waals surface area contributed by atoms with Gasteiger partial charge in [0, 0.05) is 12.8 Å². The van der Waals surface area contributed by atoms with Crippen LogP contribution >= 0.6 is 7.82 Å². The van der Waals surface area contributed by atoms with Crippen LogP contribution in [0.15, 0.2) is 85.1 Å². The summed E-state index contributed by atoms with van der Waals surface area (Å²) >= 11 is 0. The summed E-state index contributed by atoms with van der Waals surface area (Å²) in [6, 6.07) is 0. The fourth-order valence-corrected chi connectivity index (χ4v) is 5.71. The summed E-state index contributed by atoms with van der Waals surface area (Å²) in [6.07, 6.45) is 41.6. The number of allylic oxidation sites excluding steroid dienone is 12. The third-order valence-corrected chi connectivity index (χ3v) is 9.08. The van der Waals surface area contributed by atoms with Crippen LogP contribution in [0.2, 0.25) is 0 Å². The molecule has 2 unspecified atom stereocenters. The summed E-state index contributed by atoms with van der Waals surface area (Å²) in [5, 5.41) is 28.5. The summed E-state index contributed by atoms with van der Waals surface area (Å²) in [5.74, 6) is -1.13. The van der Waals surface area contributed by atoms with Crippen LogP contribution in [0.1, 0.15) is 136 Å². The molecule has 4 N–H and O–H groups in total. The summed E-state index contributed by atoms with van der Waals surface area (Å²) < 4.78 is 32.5. The molecule has 56 heavy (non-hydrogen) atoms. The van der Waals surface area contributed by atoms with E-state index in [2.05, 4.69) is 67.0 Å². The Morgan fingerprint density at radius 2 is 1.21 bits per heavy atom. The molecule has 0 aromatic carbocycles. The molecule has 0 aliphatic rings. The molecule has 0 heterocycles. The fourth-order valence-electron chi connectivity index (χ4n) is 4.92. The molecule has 0 aromatic rings. The second kappa shape index (κ2) is 39.0. The third-order valence-electron chi connectivity index (χ3n) is 8.13. The highest BCUT2D eigenvalue weighted by Crippen LogP contribution is 2.43. The summed E-state index contributed by atoms with van der Waals surface area (Å²) in [6.45, 7) is 2.01. The van der Waals surface area contributed by atoms with E-state index in [1.165, 1.54) is 25.7 Å². The Bertz CT molecular complexity index is 1220. The van der Waals surface area contributed by atoms with Gasteiger partial charge in [0.1, 0.15) is 12.7 Å². The lowest BCUT2D eigenvalue weighted by atomic mass is 10.1. The van der Waals surface area contributed by atoms with Gasteiger partial charge >= 0.3 is 19.8 Å². The van der Waals surface area contributed by atoms with Crippen molar-refractivity contribution in [2.24, 2.45) is 0 Å². The van der Waals surface area contributed by atoms with Crippen molar-refractivity contribution in [3.8, 4) is 0 Å². The third kappa shape index (κ3) is 38.0. The first-order valence-electron chi connectivity index (χ1n) is 20.7. The highest BCUT2D eigenvalue weighted by atomic mass is 31.2. The van der Waals surface area contributed by atoms with Crippen molar-refractivity contribution in [1.29, 1.82) is 0 Å². The van der Waals surface area contributed by atoms with E-state index in [-0.39, 0.29) is 12.8 Å². The SMILES string of the molecule is CC/C=C\C/C=C\C/C=C\C/C=C\C=C/C(O)C/C=C\CCC(=O)OC[C@H](COP(=O)(O)OC[C@@H](O)CO)OC(=O)CCCCCCC/C=C\CCCCCC. The Kier molecular flexibility index (Phi) is 36.9. The number of aliphatic hydroxyl groups excluding tert-OH is 3. The number of carbonyl (C=O) groups excluding carboxylic acids is 2. The van der Waals surface area contributed by atoms with Crippen LogP contribution in [-0.2, 0) is 32.7 Å². The average Bonchev–Trinajstić information content (AvgIpc) is 3.18. The Morgan fingerprint density at radius 3 is 1.88 bits per heavy atom. The van der Waals surface area contributed by atoms with E-state index in [0.717, 1.165) is 64.2 Å². The summed E-state index contributed by atoms with van der Waals surface area (Å²) in [5.41, 5.74) is 0. The molecule has 0 rings (SSSR count). The number of esters is 2. The first kappa shape index (κ1) is 53.1. The number of phosphoric acid groups is 1. The maximum absolute atomic E-state index is 12.6. The van der Waals surface area contributed by atoms with E-state index >= 15 is 0 Å².